The van der Waals surface area contributed by atoms with E-state index < -0.39 is 0 Å². The standard InChI is InChI=1S/C19H23N5O/c1-12-13(2)22-18-16(12)5-3-6-17(18)19(25)21-10-14-9-15-11-20-7-4-8-24(15)23-14/h3,5-6,9,20,22H,4,7-8,10-11H2,1-2H3,(H,21,25). The van der Waals surface area contributed by atoms with Gasteiger partial charge in [0.1, 0.15) is 0 Å². The minimum Gasteiger partial charge on any atom is -0.358 e. The smallest absolute Gasteiger partial charge is 0.253 e. The highest BCUT2D eigenvalue weighted by molar-refractivity contribution is 6.06. The number of aryl methyl sites for hydroxylation is 3. The molecule has 3 N–H and O–H groups in total. The van der Waals surface area contributed by atoms with E-state index in [4.69, 9.17) is 0 Å². The van der Waals surface area contributed by atoms with Gasteiger partial charge in [-0.3, -0.25) is 9.48 Å². The van der Waals surface area contributed by atoms with Gasteiger partial charge in [-0.1, -0.05) is 12.1 Å². The van der Waals surface area contributed by atoms with E-state index in [9.17, 15) is 4.79 Å². The molecule has 130 valence electrons. The number of nitrogens with zero attached hydrogens (tertiary/aromatic N) is 2. The van der Waals surface area contributed by atoms with Crippen molar-refractivity contribution in [1.82, 2.24) is 25.4 Å². The minimum atomic E-state index is -0.0758. The maximum atomic E-state index is 12.7. The van der Waals surface area contributed by atoms with Gasteiger partial charge in [0.2, 0.25) is 0 Å². The van der Waals surface area contributed by atoms with Crippen LogP contribution >= 0.6 is 0 Å². The molecule has 0 saturated carbocycles. The van der Waals surface area contributed by atoms with E-state index in [2.05, 4.69) is 33.7 Å². The fraction of sp³-hybridized carbons (Fsp3) is 0.368. The van der Waals surface area contributed by atoms with Crippen molar-refractivity contribution in [3.05, 3.63) is 52.5 Å². The van der Waals surface area contributed by atoms with Crippen molar-refractivity contribution in [2.75, 3.05) is 6.54 Å². The zero-order chi connectivity index (χ0) is 17.4. The summed E-state index contributed by atoms with van der Waals surface area (Å²) in [6.45, 7) is 7.32. The molecule has 0 saturated heterocycles. The van der Waals surface area contributed by atoms with E-state index in [0.717, 1.165) is 48.3 Å². The van der Waals surface area contributed by atoms with Crippen molar-refractivity contribution in [2.24, 2.45) is 0 Å². The molecular formula is C19H23N5O. The summed E-state index contributed by atoms with van der Waals surface area (Å²) in [6, 6.07) is 7.91. The van der Waals surface area contributed by atoms with Crippen LogP contribution in [0.2, 0.25) is 0 Å². The molecule has 0 atom stereocenters. The normalized spacial score (nSPS) is 14.3. The van der Waals surface area contributed by atoms with Crippen LogP contribution in [0.1, 0.15) is 39.4 Å². The molecule has 3 heterocycles. The number of hydrogen-bond donors (Lipinski definition) is 3. The third-order valence-corrected chi connectivity index (χ3v) is 4.96. The number of carbonyl (C=O) groups is 1. The van der Waals surface area contributed by atoms with Crippen LogP contribution in [0.5, 0.6) is 0 Å². The molecule has 0 fully saturated rings. The van der Waals surface area contributed by atoms with Crippen molar-refractivity contribution >= 4 is 16.8 Å². The summed E-state index contributed by atoms with van der Waals surface area (Å²) in [5, 5.41) is 12.1. The number of carbonyl (C=O) groups excluding carboxylic acids is 1. The quantitative estimate of drug-likeness (QED) is 0.687. The zero-order valence-corrected chi connectivity index (χ0v) is 14.6. The van der Waals surface area contributed by atoms with Crippen LogP contribution in [0.15, 0.2) is 24.3 Å². The molecule has 2 aromatic heterocycles. The monoisotopic (exact) mass is 337 g/mol. The van der Waals surface area contributed by atoms with Crippen molar-refractivity contribution in [1.29, 1.82) is 0 Å². The van der Waals surface area contributed by atoms with Gasteiger partial charge in [-0.05, 0) is 44.5 Å². The van der Waals surface area contributed by atoms with Gasteiger partial charge in [-0.2, -0.15) is 5.10 Å². The van der Waals surface area contributed by atoms with E-state index in [0.29, 0.717) is 12.1 Å². The minimum absolute atomic E-state index is 0.0758. The molecule has 0 bridgehead atoms. The van der Waals surface area contributed by atoms with Gasteiger partial charge >= 0.3 is 0 Å². The van der Waals surface area contributed by atoms with Gasteiger partial charge in [0.05, 0.1) is 29.0 Å². The average Bonchev–Trinajstić information content (AvgIpc) is 3.05. The Kier molecular flexibility index (Phi) is 4.05. The van der Waals surface area contributed by atoms with Crippen LogP contribution in [-0.2, 0) is 19.6 Å². The van der Waals surface area contributed by atoms with Crippen LogP contribution < -0.4 is 10.6 Å². The van der Waals surface area contributed by atoms with Gasteiger partial charge < -0.3 is 15.6 Å². The predicted molar refractivity (Wildman–Crippen MR) is 97.5 cm³/mol. The molecule has 0 unspecified atom stereocenters. The van der Waals surface area contributed by atoms with E-state index in [-0.39, 0.29) is 5.91 Å². The molecule has 0 aliphatic carbocycles. The summed E-state index contributed by atoms with van der Waals surface area (Å²) in [5.74, 6) is -0.0758. The van der Waals surface area contributed by atoms with E-state index in [1.54, 1.807) is 0 Å². The third kappa shape index (κ3) is 2.93. The van der Waals surface area contributed by atoms with Crippen LogP contribution in [0.3, 0.4) is 0 Å². The summed E-state index contributed by atoms with van der Waals surface area (Å²) >= 11 is 0. The maximum absolute atomic E-state index is 12.7. The second-order valence-electron chi connectivity index (χ2n) is 6.67. The Morgan fingerprint density at radius 2 is 2.24 bits per heavy atom. The van der Waals surface area contributed by atoms with Gasteiger partial charge in [0.15, 0.2) is 0 Å². The number of para-hydroxylation sites is 1. The Balaban J connectivity index is 1.52. The fourth-order valence-corrected chi connectivity index (χ4v) is 3.45. The number of hydrogen-bond acceptors (Lipinski definition) is 3. The van der Waals surface area contributed by atoms with Gasteiger partial charge in [-0.25, -0.2) is 0 Å². The Hall–Kier alpha value is -2.60. The molecule has 4 rings (SSSR count). The lowest BCUT2D eigenvalue weighted by atomic mass is 10.1. The number of aromatic amines is 1. The van der Waals surface area contributed by atoms with Gasteiger partial charge in [0, 0.05) is 24.2 Å². The lowest BCUT2D eigenvalue weighted by molar-refractivity contribution is 0.0952. The Morgan fingerprint density at radius 3 is 3.12 bits per heavy atom. The topological polar surface area (TPSA) is 74.7 Å². The number of amides is 1. The van der Waals surface area contributed by atoms with E-state index in [1.165, 1.54) is 11.3 Å². The largest absolute Gasteiger partial charge is 0.358 e. The second-order valence-corrected chi connectivity index (χ2v) is 6.67. The molecule has 6 nitrogen and oxygen atoms in total. The van der Waals surface area contributed by atoms with Crippen molar-refractivity contribution in [3.63, 3.8) is 0 Å². The second kappa shape index (κ2) is 6.37. The highest BCUT2D eigenvalue weighted by atomic mass is 16.1. The van der Waals surface area contributed by atoms with E-state index >= 15 is 0 Å². The molecule has 6 heteroatoms. The maximum Gasteiger partial charge on any atom is 0.253 e. The lowest BCUT2D eigenvalue weighted by Gasteiger charge is -2.05. The van der Waals surface area contributed by atoms with Crippen molar-refractivity contribution in [3.8, 4) is 0 Å². The van der Waals surface area contributed by atoms with Crippen LogP contribution in [0.4, 0.5) is 0 Å². The third-order valence-electron chi connectivity index (χ3n) is 4.96. The lowest BCUT2D eigenvalue weighted by Crippen LogP contribution is -2.23. The Morgan fingerprint density at radius 1 is 1.36 bits per heavy atom. The number of nitrogens with one attached hydrogen (secondary N) is 3. The van der Waals surface area contributed by atoms with Crippen molar-refractivity contribution < 1.29 is 4.79 Å². The number of H-pyrrole nitrogens is 1. The molecule has 1 amide bonds. The number of benzene rings is 1. The first-order valence-electron chi connectivity index (χ1n) is 8.76. The summed E-state index contributed by atoms with van der Waals surface area (Å²) in [4.78, 5) is 16.0. The Labute approximate surface area is 146 Å². The Bertz CT molecular complexity index is 913. The average molecular weight is 337 g/mol. The highest BCUT2D eigenvalue weighted by Gasteiger charge is 2.15. The van der Waals surface area contributed by atoms with Crippen LogP contribution in [-0.4, -0.2) is 27.2 Å². The molecule has 0 radical (unpaired) electrons. The first-order valence-corrected chi connectivity index (χ1v) is 8.76. The van der Waals surface area contributed by atoms with E-state index in [1.807, 2.05) is 29.8 Å². The van der Waals surface area contributed by atoms with Crippen LogP contribution in [0, 0.1) is 13.8 Å². The van der Waals surface area contributed by atoms with Gasteiger partial charge in [0.25, 0.3) is 5.91 Å². The number of aromatic nitrogens is 3. The highest BCUT2D eigenvalue weighted by Crippen LogP contribution is 2.24. The van der Waals surface area contributed by atoms with Crippen molar-refractivity contribution in [2.45, 2.75) is 39.9 Å². The predicted octanol–water partition coefficient (Wildman–Crippen LogP) is 2.40. The number of fused-ring (bicyclic) bond motifs is 2. The molecule has 25 heavy (non-hydrogen) atoms. The SMILES string of the molecule is Cc1[nH]c2c(C(=O)NCc3cc4n(n3)CCCNC4)cccc2c1C. The molecule has 3 aromatic rings. The van der Waals surface area contributed by atoms with Crippen LogP contribution in [0.25, 0.3) is 10.9 Å². The molecular weight excluding hydrogens is 314 g/mol. The molecule has 1 aliphatic rings. The molecule has 0 spiro atoms. The summed E-state index contributed by atoms with van der Waals surface area (Å²) in [6.07, 6.45) is 1.08. The first kappa shape index (κ1) is 15.9. The molecule has 1 aliphatic heterocycles. The van der Waals surface area contributed by atoms with Gasteiger partial charge in [-0.15, -0.1) is 0 Å². The first-order chi connectivity index (χ1) is 12.1. The summed E-state index contributed by atoms with van der Waals surface area (Å²) in [7, 11) is 0. The number of rotatable bonds is 3. The fourth-order valence-electron chi connectivity index (χ4n) is 3.45. The molecule has 1 aromatic carbocycles. The summed E-state index contributed by atoms with van der Waals surface area (Å²) in [5.41, 5.74) is 5.95. The summed E-state index contributed by atoms with van der Waals surface area (Å²) < 4.78 is 2.04. The zero-order valence-electron chi connectivity index (χ0n) is 14.6.